The number of nitrogens with zero attached hydrogens (tertiary/aromatic N) is 2. The molecule has 2 rings (SSSR count). The number of hydrogen-bond acceptors (Lipinski definition) is 4. The first-order chi connectivity index (χ1) is 9.65. The van der Waals surface area contributed by atoms with Crippen LogP contribution in [0.5, 0.6) is 0 Å². The molecule has 1 saturated heterocycles. The molecule has 0 bridgehead atoms. The van der Waals surface area contributed by atoms with Gasteiger partial charge in [0.25, 0.3) is 5.91 Å². The van der Waals surface area contributed by atoms with Gasteiger partial charge in [-0.3, -0.25) is 9.69 Å². The van der Waals surface area contributed by atoms with Gasteiger partial charge in [-0.2, -0.15) is 16.9 Å². The van der Waals surface area contributed by atoms with Gasteiger partial charge in [0.15, 0.2) is 0 Å². The van der Waals surface area contributed by atoms with Crippen LogP contribution in [0.1, 0.15) is 5.56 Å². The second kappa shape index (κ2) is 7.88. The van der Waals surface area contributed by atoms with Crippen LogP contribution in [-0.4, -0.2) is 48.2 Å². The molecule has 108 valence electrons. The van der Waals surface area contributed by atoms with E-state index in [1.54, 1.807) is 24.4 Å². The molecule has 1 N–H and O–H groups in total. The van der Waals surface area contributed by atoms with Crippen molar-refractivity contribution < 1.29 is 4.79 Å². The highest BCUT2D eigenvalue weighted by atomic mass is 35.5. The summed E-state index contributed by atoms with van der Waals surface area (Å²) in [6, 6.07) is 5.17. The molecule has 0 aromatic heterocycles. The summed E-state index contributed by atoms with van der Waals surface area (Å²) in [5.41, 5.74) is 3.30. The topological polar surface area (TPSA) is 44.7 Å². The minimum Gasteiger partial charge on any atom is -0.293 e. The maximum atomic E-state index is 11.7. The Hall–Kier alpha value is -0.750. The lowest BCUT2D eigenvalue weighted by Crippen LogP contribution is -2.40. The van der Waals surface area contributed by atoms with Crippen molar-refractivity contribution in [1.29, 1.82) is 0 Å². The van der Waals surface area contributed by atoms with Crippen LogP contribution < -0.4 is 5.43 Å². The zero-order valence-electron chi connectivity index (χ0n) is 10.8. The number of rotatable bonds is 4. The number of carbonyl (C=O) groups is 1. The maximum Gasteiger partial charge on any atom is 0.254 e. The average Bonchev–Trinajstić information content (AvgIpc) is 2.44. The van der Waals surface area contributed by atoms with Gasteiger partial charge in [0.1, 0.15) is 0 Å². The fourth-order valence-electron chi connectivity index (χ4n) is 1.77. The van der Waals surface area contributed by atoms with Crippen molar-refractivity contribution in [3.8, 4) is 0 Å². The van der Waals surface area contributed by atoms with Crippen molar-refractivity contribution in [3.63, 3.8) is 0 Å². The third kappa shape index (κ3) is 4.98. The number of amides is 1. The predicted octanol–water partition coefficient (Wildman–Crippen LogP) is 2.49. The molecule has 1 heterocycles. The highest BCUT2D eigenvalue weighted by Crippen LogP contribution is 2.21. The number of hydrogen-bond donors (Lipinski definition) is 1. The number of hydrazone groups is 1. The van der Waals surface area contributed by atoms with Crippen LogP contribution in [0.25, 0.3) is 0 Å². The van der Waals surface area contributed by atoms with Crippen molar-refractivity contribution in [1.82, 2.24) is 10.3 Å². The van der Waals surface area contributed by atoms with E-state index >= 15 is 0 Å². The van der Waals surface area contributed by atoms with Crippen LogP contribution >= 0.6 is 35.0 Å². The Balaban J connectivity index is 1.79. The second-order valence-corrected chi connectivity index (χ2v) is 6.39. The Morgan fingerprint density at radius 3 is 2.80 bits per heavy atom. The Bertz CT molecular complexity index is 504. The lowest BCUT2D eigenvalue weighted by Gasteiger charge is -2.24. The zero-order valence-corrected chi connectivity index (χ0v) is 13.1. The lowest BCUT2D eigenvalue weighted by atomic mass is 10.2. The Morgan fingerprint density at radius 1 is 1.35 bits per heavy atom. The molecule has 0 saturated carbocycles. The van der Waals surface area contributed by atoms with E-state index < -0.39 is 0 Å². The van der Waals surface area contributed by atoms with Crippen LogP contribution in [0, 0.1) is 0 Å². The summed E-state index contributed by atoms with van der Waals surface area (Å²) in [4.78, 5) is 13.8. The van der Waals surface area contributed by atoms with E-state index in [2.05, 4.69) is 15.4 Å². The van der Waals surface area contributed by atoms with E-state index in [0.29, 0.717) is 16.6 Å². The average molecular weight is 332 g/mol. The lowest BCUT2D eigenvalue weighted by molar-refractivity contribution is -0.122. The van der Waals surface area contributed by atoms with E-state index in [-0.39, 0.29) is 5.91 Å². The zero-order chi connectivity index (χ0) is 14.4. The number of benzene rings is 1. The summed E-state index contributed by atoms with van der Waals surface area (Å²) in [7, 11) is 0. The minimum absolute atomic E-state index is 0.104. The Morgan fingerprint density at radius 2 is 2.10 bits per heavy atom. The first kappa shape index (κ1) is 15.6. The summed E-state index contributed by atoms with van der Waals surface area (Å²) in [6.45, 7) is 2.29. The van der Waals surface area contributed by atoms with Crippen molar-refractivity contribution >= 4 is 47.1 Å². The van der Waals surface area contributed by atoms with Crippen LogP contribution in [0.4, 0.5) is 0 Å². The van der Waals surface area contributed by atoms with Gasteiger partial charge in [-0.05, 0) is 17.7 Å². The number of nitrogens with one attached hydrogen (secondary N) is 1. The van der Waals surface area contributed by atoms with Gasteiger partial charge in [0, 0.05) is 24.6 Å². The van der Waals surface area contributed by atoms with Gasteiger partial charge in [-0.15, -0.1) is 0 Å². The third-order valence-corrected chi connectivity index (χ3v) is 4.50. The Kier molecular flexibility index (Phi) is 6.16. The van der Waals surface area contributed by atoms with Crippen molar-refractivity contribution in [3.05, 3.63) is 33.8 Å². The molecule has 0 aliphatic carbocycles. The molecular formula is C13H15Cl2N3OS. The van der Waals surface area contributed by atoms with Gasteiger partial charge >= 0.3 is 0 Å². The van der Waals surface area contributed by atoms with Gasteiger partial charge in [0.05, 0.1) is 22.8 Å². The number of carbonyl (C=O) groups excluding carboxylic acids is 1. The highest BCUT2D eigenvalue weighted by molar-refractivity contribution is 7.99. The van der Waals surface area contributed by atoms with E-state index in [0.717, 1.165) is 30.2 Å². The number of thioether (sulfide) groups is 1. The molecule has 0 spiro atoms. The quantitative estimate of drug-likeness (QED) is 0.681. The molecule has 7 heteroatoms. The third-order valence-electron chi connectivity index (χ3n) is 2.82. The van der Waals surface area contributed by atoms with Crippen molar-refractivity contribution in [2.45, 2.75) is 0 Å². The van der Waals surface area contributed by atoms with E-state index in [1.165, 1.54) is 0 Å². The summed E-state index contributed by atoms with van der Waals surface area (Å²) < 4.78 is 0. The largest absolute Gasteiger partial charge is 0.293 e. The van der Waals surface area contributed by atoms with Gasteiger partial charge < -0.3 is 0 Å². The van der Waals surface area contributed by atoms with Gasteiger partial charge in [-0.1, -0.05) is 29.3 Å². The summed E-state index contributed by atoms with van der Waals surface area (Å²) in [5.74, 6) is 2.06. The molecule has 1 aromatic rings. The normalized spacial score (nSPS) is 16.5. The highest BCUT2D eigenvalue weighted by Gasteiger charge is 2.13. The fourth-order valence-corrected chi connectivity index (χ4v) is 3.05. The fraction of sp³-hybridized carbons (Fsp3) is 0.385. The molecule has 1 amide bonds. The molecule has 20 heavy (non-hydrogen) atoms. The smallest absolute Gasteiger partial charge is 0.254 e. The second-order valence-electron chi connectivity index (χ2n) is 4.36. The van der Waals surface area contributed by atoms with E-state index in [4.69, 9.17) is 23.2 Å². The monoisotopic (exact) mass is 331 g/mol. The summed E-state index contributed by atoms with van der Waals surface area (Å²) >= 11 is 13.6. The first-order valence-corrected chi connectivity index (χ1v) is 8.13. The van der Waals surface area contributed by atoms with Gasteiger partial charge in [0.2, 0.25) is 0 Å². The molecule has 4 nitrogen and oxygen atoms in total. The molecule has 0 radical (unpaired) electrons. The van der Waals surface area contributed by atoms with E-state index in [1.807, 2.05) is 11.8 Å². The molecule has 0 atom stereocenters. The standard InChI is InChI=1S/C13H15Cl2N3OS/c14-11-2-1-10(7-12(11)15)8-16-17-13(19)9-18-3-5-20-6-4-18/h1-2,7-8H,3-6,9H2,(H,17,19). The summed E-state index contributed by atoms with van der Waals surface area (Å²) in [5, 5.41) is 4.88. The Labute approximate surface area is 132 Å². The van der Waals surface area contributed by atoms with Crippen molar-refractivity contribution in [2.75, 3.05) is 31.1 Å². The molecule has 1 aliphatic heterocycles. The van der Waals surface area contributed by atoms with Crippen LogP contribution in [-0.2, 0) is 4.79 Å². The molecule has 0 unspecified atom stereocenters. The first-order valence-electron chi connectivity index (χ1n) is 6.22. The predicted molar refractivity (Wildman–Crippen MR) is 86.0 cm³/mol. The van der Waals surface area contributed by atoms with Crippen LogP contribution in [0.15, 0.2) is 23.3 Å². The minimum atomic E-state index is -0.104. The molecule has 1 fully saturated rings. The molecular weight excluding hydrogens is 317 g/mol. The van der Waals surface area contributed by atoms with Crippen LogP contribution in [0.3, 0.4) is 0 Å². The van der Waals surface area contributed by atoms with Crippen LogP contribution in [0.2, 0.25) is 10.0 Å². The SMILES string of the molecule is O=C(CN1CCSCC1)NN=Cc1ccc(Cl)c(Cl)c1. The molecule has 1 aliphatic rings. The maximum absolute atomic E-state index is 11.7. The van der Waals surface area contributed by atoms with E-state index in [9.17, 15) is 4.79 Å². The van der Waals surface area contributed by atoms with Crippen molar-refractivity contribution in [2.24, 2.45) is 5.10 Å². The summed E-state index contributed by atoms with van der Waals surface area (Å²) in [6.07, 6.45) is 1.55. The van der Waals surface area contributed by atoms with Gasteiger partial charge in [-0.25, -0.2) is 5.43 Å². The molecule has 1 aromatic carbocycles. The number of halogens is 2.